The second-order valence-electron chi connectivity index (χ2n) is 5.91. The van der Waals surface area contributed by atoms with Gasteiger partial charge in [-0.1, -0.05) is 30.3 Å². The molecule has 1 aromatic carbocycles. The summed E-state index contributed by atoms with van der Waals surface area (Å²) in [7, 11) is 1.86. The second kappa shape index (κ2) is 5.83. The molecule has 1 unspecified atom stereocenters. The van der Waals surface area contributed by atoms with Gasteiger partial charge >= 0.3 is 6.09 Å². The number of carbonyl (C=O) groups excluding carboxylic acids is 1. The van der Waals surface area contributed by atoms with Crippen LogP contribution in [0.1, 0.15) is 31.2 Å². The Balaban J connectivity index is 1.52. The van der Waals surface area contributed by atoms with E-state index >= 15 is 0 Å². The average Bonchev–Trinajstić information content (AvgIpc) is 2.83. The Morgan fingerprint density at radius 3 is 2.55 bits per heavy atom. The van der Waals surface area contributed by atoms with E-state index in [1.165, 1.54) is 12.8 Å². The maximum atomic E-state index is 12.1. The van der Waals surface area contributed by atoms with Crippen LogP contribution in [-0.4, -0.2) is 36.2 Å². The van der Waals surface area contributed by atoms with Crippen LogP contribution in [-0.2, 0) is 11.3 Å². The van der Waals surface area contributed by atoms with Gasteiger partial charge < -0.3 is 15.0 Å². The van der Waals surface area contributed by atoms with E-state index in [0.717, 1.165) is 18.4 Å². The summed E-state index contributed by atoms with van der Waals surface area (Å²) in [6.07, 6.45) is 4.38. The maximum Gasteiger partial charge on any atom is 0.410 e. The van der Waals surface area contributed by atoms with Crippen molar-refractivity contribution in [3.8, 4) is 0 Å². The highest BCUT2D eigenvalue weighted by atomic mass is 16.6. The minimum absolute atomic E-state index is 0.208. The van der Waals surface area contributed by atoms with E-state index in [2.05, 4.69) is 5.32 Å². The van der Waals surface area contributed by atoms with Gasteiger partial charge in [-0.25, -0.2) is 4.79 Å². The van der Waals surface area contributed by atoms with Gasteiger partial charge in [0.15, 0.2) is 0 Å². The molecule has 2 aliphatic heterocycles. The van der Waals surface area contributed by atoms with Crippen molar-refractivity contribution >= 4 is 6.09 Å². The number of piperidine rings is 1. The van der Waals surface area contributed by atoms with Crippen LogP contribution in [0, 0.1) is 0 Å². The van der Waals surface area contributed by atoms with Gasteiger partial charge in [0.05, 0.1) is 0 Å². The molecule has 20 heavy (non-hydrogen) atoms. The third-order valence-electron chi connectivity index (χ3n) is 4.49. The zero-order valence-electron chi connectivity index (χ0n) is 11.9. The van der Waals surface area contributed by atoms with Gasteiger partial charge in [0.25, 0.3) is 0 Å². The number of amides is 1. The van der Waals surface area contributed by atoms with Crippen LogP contribution in [0.15, 0.2) is 30.3 Å². The van der Waals surface area contributed by atoms with Gasteiger partial charge in [-0.3, -0.25) is 0 Å². The first kappa shape index (κ1) is 13.4. The van der Waals surface area contributed by atoms with Gasteiger partial charge in [-0.2, -0.15) is 0 Å². The fourth-order valence-corrected chi connectivity index (χ4v) is 3.31. The zero-order chi connectivity index (χ0) is 13.9. The van der Waals surface area contributed by atoms with E-state index in [-0.39, 0.29) is 6.09 Å². The third kappa shape index (κ3) is 2.96. The quantitative estimate of drug-likeness (QED) is 0.921. The van der Waals surface area contributed by atoms with E-state index in [1.54, 1.807) is 4.90 Å². The van der Waals surface area contributed by atoms with Crippen LogP contribution in [0.5, 0.6) is 0 Å². The molecule has 4 nitrogen and oxygen atoms in total. The molecule has 1 aromatic rings. The van der Waals surface area contributed by atoms with Crippen molar-refractivity contribution in [3.05, 3.63) is 35.9 Å². The molecule has 3 atom stereocenters. The molecule has 2 fully saturated rings. The highest BCUT2D eigenvalue weighted by Gasteiger charge is 2.36. The van der Waals surface area contributed by atoms with Crippen LogP contribution < -0.4 is 5.32 Å². The van der Waals surface area contributed by atoms with Crippen LogP contribution in [0.3, 0.4) is 0 Å². The third-order valence-corrected chi connectivity index (χ3v) is 4.49. The molecule has 2 heterocycles. The predicted molar refractivity (Wildman–Crippen MR) is 77.4 cm³/mol. The van der Waals surface area contributed by atoms with Gasteiger partial charge in [0.2, 0.25) is 0 Å². The summed E-state index contributed by atoms with van der Waals surface area (Å²) in [5.41, 5.74) is 1.03. The molecule has 0 radical (unpaired) electrons. The Labute approximate surface area is 120 Å². The Morgan fingerprint density at radius 2 is 1.90 bits per heavy atom. The average molecular weight is 274 g/mol. The van der Waals surface area contributed by atoms with Crippen molar-refractivity contribution in [2.45, 2.75) is 50.4 Å². The second-order valence-corrected chi connectivity index (χ2v) is 5.91. The van der Waals surface area contributed by atoms with Crippen molar-refractivity contribution in [1.82, 2.24) is 10.2 Å². The monoisotopic (exact) mass is 274 g/mol. The van der Waals surface area contributed by atoms with Gasteiger partial charge in [0, 0.05) is 25.2 Å². The first-order chi connectivity index (χ1) is 9.72. The Morgan fingerprint density at radius 1 is 1.25 bits per heavy atom. The molecule has 3 rings (SSSR count). The van der Waals surface area contributed by atoms with Crippen molar-refractivity contribution in [1.29, 1.82) is 0 Å². The van der Waals surface area contributed by atoms with Crippen molar-refractivity contribution in [2.75, 3.05) is 7.05 Å². The van der Waals surface area contributed by atoms with Gasteiger partial charge in [-0.15, -0.1) is 0 Å². The smallest absolute Gasteiger partial charge is 0.410 e. The number of fused-ring (bicyclic) bond motifs is 2. The zero-order valence-corrected chi connectivity index (χ0v) is 11.9. The normalized spacial score (nSPS) is 28.1. The van der Waals surface area contributed by atoms with Crippen LogP contribution in [0.25, 0.3) is 0 Å². The predicted octanol–water partition coefficient (Wildman–Crippen LogP) is 2.54. The Kier molecular flexibility index (Phi) is 3.92. The van der Waals surface area contributed by atoms with Gasteiger partial charge in [-0.05, 0) is 31.2 Å². The SMILES string of the molecule is CN(C(=O)OCc1ccccc1)C1C[C@H]2CC[C@@H](C1)N2. The van der Waals surface area contributed by atoms with E-state index in [0.29, 0.717) is 24.7 Å². The van der Waals surface area contributed by atoms with Crippen molar-refractivity contribution in [3.63, 3.8) is 0 Å². The lowest BCUT2D eigenvalue weighted by molar-refractivity contribution is 0.0804. The summed E-state index contributed by atoms with van der Waals surface area (Å²) in [6.45, 7) is 0.349. The summed E-state index contributed by atoms with van der Waals surface area (Å²) < 4.78 is 5.40. The highest BCUT2D eigenvalue weighted by molar-refractivity contribution is 5.67. The largest absolute Gasteiger partial charge is 0.445 e. The van der Waals surface area contributed by atoms with Gasteiger partial charge in [0.1, 0.15) is 6.61 Å². The number of carbonyl (C=O) groups is 1. The molecule has 2 aliphatic rings. The van der Waals surface area contributed by atoms with E-state index in [9.17, 15) is 4.79 Å². The summed E-state index contributed by atoms with van der Waals surface area (Å²) in [5, 5.41) is 3.59. The number of hydrogen-bond acceptors (Lipinski definition) is 3. The topological polar surface area (TPSA) is 41.6 Å². The van der Waals surface area contributed by atoms with E-state index in [1.807, 2.05) is 37.4 Å². The minimum atomic E-state index is -0.208. The molecule has 4 heteroatoms. The number of benzene rings is 1. The molecular formula is C16H22N2O2. The lowest BCUT2D eigenvalue weighted by Gasteiger charge is -2.34. The van der Waals surface area contributed by atoms with E-state index in [4.69, 9.17) is 4.74 Å². The highest BCUT2D eigenvalue weighted by Crippen LogP contribution is 2.29. The number of nitrogens with zero attached hydrogens (tertiary/aromatic N) is 1. The van der Waals surface area contributed by atoms with Crippen molar-refractivity contribution < 1.29 is 9.53 Å². The number of hydrogen-bond donors (Lipinski definition) is 1. The maximum absolute atomic E-state index is 12.1. The molecule has 108 valence electrons. The summed E-state index contributed by atoms with van der Waals surface area (Å²) in [6, 6.07) is 11.3. The lowest BCUT2D eigenvalue weighted by atomic mass is 9.99. The molecule has 1 amide bonds. The Bertz CT molecular complexity index is 451. The lowest BCUT2D eigenvalue weighted by Crippen LogP contribution is -2.48. The molecule has 0 aromatic heterocycles. The molecule has 0 spiro atoms. The minimum Gasteiger partial charge on any atom is -0.445 e. The summed E-state index contributed by atoms with van der Waals surface area (Å²) in [5.74, 6) is 0. The fraction of sp³-hybridized carbons (Fsp3) is 0.562. The van der Waals surface area contributed by atoms with Crippen molar-refractivity contribution in [2.24, 2.45) is 0 Å². The standard InChI is InChI=1S/C16H22N2O2/c1-18(15-9-13-7-8-14(10-15)17-13)16(19)20-11-12-5-3-2-4-6-12/h2-6,13-15,17H,7-11H2,1H3/t13-,14+,15?. The Hall–Kier alpha value is -1.55. The molecule has 0 saturated carbocycles. The molecule has 0 aliphatic carbocycles. The number of nitrogens with one attached hydrogen (secondary N) is 1. The summed E-state index contributed by atoms with van der Waals surface area (Å²) in [4.78, 5) is 13.9. The molecule has 2 bridgehead atoms. The van der Waals surface area contributed by atoms with Crippen LogP contribution in [0.2, 0.25) is 0 Å². The first-order valence-corrected chi connectivity index (χ1v) is 7.42. The number of ether oxygens (including phenoxy) is 1. The first-order valence-electron chi connectivity index (χ1n) is 7.42. The fourth-order valence-electron chi connectivity index (χ4n) is 3.31. The molecular weight excluding hydrogens is 252 g/mol. The van der Waals surface area contributed by atoms with Crippen LogP contribution >= 0.6 is 0 Å². The van der Waals surface area contributed by atoms with Crippen LogP contribution in [0.4, 0.5) is 4.79 Å². The molecule has 2 saturated heterocycles. The molecule has 1 N–H and O–H groups in total. The number of rotatable bonds is 3. The summed E-state index contributed by atoms with van der Waals surface area (Å²) >= 11 is 0. The van der Waals surface area contributed by atoms with E-state index < -0.39 is 0 Å².